The van der Waals surface area contributed by atoms with Gasteiger partial charge in [0.1, 0.15) is 17.7 Å². The molecule has 1 saturated heterocycles. The van der Waals surface area contributed by atoms with E-state index in [1.807, 2.05) is 6.92 Å². The summed E-state index contributed by atoms with van der Waals surface area (Å²) in [6.07, 6.45) is 1.77. The fourth-order valence-electron chi connectivity index (χ4n) is 2.46. The van der Waals surface area contributed by atoms with Crippen molar-refractivity contribution >= 4 is 5.69 Å². The van der Waals surface area contributed by atoms with Crippen molar-refractivity contribution < 1.29 is 13.9 Å². The SMILES string of the molecule is COCC(C)Oc1ccc(F)cc1N1CCC(N)CC1. The summed E-state index contributed by atoms with van der Waals surface area (Å²) >= 11 is 0. The van der Waals surface area contributed by atoms with Gasteiger partial charge in [0, 0.05) is 32.3 Å². The highest BCUT2D eigenvalue weighted by Gasteiger charge is 2.20. The summed E-state index contributed by atoms with van der Waals surface area (Å²) in [6.45, 7) is 4.10. The standard InChI is InChI=1S/C15H23FN2O2/c1-11(10-19-2)20-15-4-3-12(16)9-14(15)18-7-5-13(17)6-8-18/h3-4,9,11,13H,5-8,10,17H2,1-2H3. The molecule has 112 valence electrons. The summed E-state index contributed by atoms with van der Waals surface area (Å²) in [5, 5.41) is 0. The molecular formula is C15H23FN2O2. The Morgan fingerprint density at radius 2 is 2.10 bits per heavy atom. The van der Waals surface area contributed by atoms with Gasteiger partial charge in [0.2, 0.25) is 0 Å². The molecule has 0 aliphatic carbocycles. The maximum atomic E-state index is 13.5. The Labute approximate surface area is 119 Å². The third-order valence-corrected chi connectivity index (χ3v) is 3.53. The number of benzene rings is 1. The molecule has 0 saturated carbocycles. The second-order valence-electron chi connectivity index (χ2n) is 5.32. The van der Waals surface area contributed by atoms with Crippen molar-refractivity contribution in [3.05, 3.63) is 24.0 Å². The van der Waals surface area contributed by atoms with Crippen molar-refractivity contribution in [1.82, 2.24) is 0 Å². The van der Waals surface area contributed by atoms with E-state index in [2.05, 4.69) is 4.90 Å². The maximum absolute atomic E-state index is 13.5. The molecule has 0 radical (unpaired) electrons. The van der Waals surface area contributed by atoms with Crippen molar-refractivity contribution in [3.8, 4) is 5.75 Å². The lowest BCUT2D eigenvalue weighted by molar-refractivity contribution is 0.0922. The van der Waals surface area contributed by atoms with Crippen LogP contribution < -0.4 is 15.4 Å². The predicted molar refractivity (Wildman–Crippen MR) is 77.8 cm³/mol. The van der Waals surface area contributed by atoms with Gasteiger partial charge in [0.05, 0.1) is 12.3 Å². The van der Waals surface area contributed by atoms with E-state index in [4.69, 9.17) is 15.2 Å². The summed E-state index contributed by atoms with van der Waals surface area (Å²) in [5.41, 5.74) is 6.72. The molecule has 4 nitrogen and oxygen atoms in total. The molecule has 0 spiro atoms. The molecular weight excluding hydrogens is 259 g/mol. The van der Waals surface area contributed by atoms with Crippen LogP contribution in [0.5, 0.6) is 5.75 Å². The quantitative estimate of drug-likeness (QED) is 0.899. The number of ether oxygens (including phenoxy) is 2. The van der Waals surface area contributed by atoms with Crippen LogP contribution in [0, 0.1) is 5.82 Å². The molecule has 1 aliphatic heterocycles. The lowest BCUT2D eigenvalue weighted by atomic mass is 10.1. The average Bonchev–Trinajstić information content (AvgIpc) is 2.42. The van der Waals surface area contributed by atoms with Gasteiger partial charge in [-0.15, -0.1) is 0 Å². The molecule has 1 heterocycles. The zero-order chi connectivity index (χ0) is 14.5. The Hall–Kier alpha value is -1.33. The maximum Gasteiger partial charge on any atom is 0.143 e. The van der Waals surface area contributed by atoms with Gasteiger partial charge in [-0.1, -0.05) is 0 Å². The first-order valence-electron chi connectivity index (χ1n) is 7.06. The smallest absolute Gasteiger partial charge is 0.143 e. The van der Waals surface area contributed by atoms with Gasteiger partial charge in [-0.25, -0.2) is 4.39 Å². The van der Waals surface area contributed by atoms with Crippen molar-refractivity contribution in [2.24, 2.45) is 5.73 Å². The van der Waals surface area contributed by atoms with Crippen molar-refractivity contribution in [2.45, 2.75) is 31.9 Å². The Bertz CT molecular complexity index is 434. The lowest BCUT2D eigenvalue weighted by Gasteiger charge is -2.33. The number of hydrogen-bond donors (Lipinski definition) is 1. The van der Waals surface area contributed by atoms with Crippen molar-refractivity contribution in [2.75, 3.05) is 31.7 Å². The monoisotopic (exact) mass is 282 g/mol. The molecule has 2 rings (SSSR count). The van der Waals surface area contributed by atoms with E-state index in [0.29, 0.717) is 12.4 Å². The minimum absolute atomic E-state index is 0.0729. The van der Waals surface area contributed by atoms with E-state index in [1.54, 1.807) is 13.2 Å². The van der Waals surface area contributed by atoms with Gasteiger partial charge in [0.25, 0.3) is 0 Å². The van der Waals surface area contributed by atoms with Crippen LogP contribution in [0.15, 0.2) is 18.2 Å². The molecule has 0 bridgehead atoms. The van der Waals surface area contributed by atoms with Crippen molar-refractivity contribution in [3.63, 3.8) is 0 Å². The summed E-state index contributed by atoms with van der Waals surface area (Å²) in [4.78, 5) is 2.14. The summed E-state index contributed by atoms with van der Waals surface area (Å²) in [6, 6.07) is 4.89. The number of anilines is 1. The van der Waals surface area contributed by atoms with E-state index >= 15 is 0 Å². The molecule has 5 heteroatoms. The molecule has 1 aromatic rings. The zero-order valence-electron chi connectivity index (χ0n) is 12.1. The first-order chi connectivity index (χ1) is 9.60. The summed E-state index contributed by atoms with van der Waals surface area (Å²) in [7, 11) is 1.64. The van der Waals surface area contributed by atoms with Crippen LogP contribution in [-0.2, 0) is 4.74 Å². The number of halogens is 1. The van der Waals surface area contributed by atoms with E-state index < -0.39 is 0 Å². The number of rotatable bonds is 5. The Morgan fingerprint density at radius 3 is 2.75 bits per heavy atom. The second kappa shape index (κ2) is 6.90. The fourth-order valence-corrected chi connectivity index (χ4v) is 2.46. The molecule has 0 aromatic heterocycles. The molecule has 1 aromatic carbocycles. The number of nitrogens with two attached hydrogens (primary N) is 1. The fraction of sp³-hybridized carbons (Fsp3) is 0.600. The van der Waals surface area contributed by atoms with Gasteiger partial charge < -0.3 is 20.1 Å². The van der Waals surface area contributed by atoms with Gasteiger partial charge in [-0.3, -0.25) is 0 Å². The van der Waals surface area contributed by atoms with E-state index in [1.165, 1.54) is 12.1 Å². The minimum Gasteiger partial charge on any atom is -0.486 e. The van der Waals surface area contributed by atoms with Gasteiger partial charge in [-0.05, 0) is 31.9 Å². The van der Waals surface area contributed by atoms with Crippen LogP contribution >= 0.6 is 0 Å². The molecule has 0 amide bonds. The summed E-state index contributed by atoms with van der Waals surface area (Å²) in [5.74, 6) is 0.452. The molecule has 1 unspecified atom stereocenters. The molecule has 1 atom stereocenters. The first kappa shape index (κ1) is 15.1. The Balaban J connectivity index is 2.15. The highest BCUT2D eigenvalue weighted by molar-refractivity contribution is 5.59. The van der Waals surface area contributed by atoms with Gasteiger partial charge in [0.15, 0.2) is 0 Å². The predicted octanol–water partition coefficient (Wildman–Crippen LogP) is 2.17. The van der Waals surface area contributed by atoms with Gasteiger partial charge >= 0.3 is 0 Å². The van der Waals surface area contributed by atoms with Crippen LogP contribution in [0.1, 0.15) is 19.8 Å². The molecule has 20 heavy (non-hydrogen) atoms. The molecule has 2 N–H and O–H groups in total. The normalized spacial score (nSPS) is 18.1. The molecule has 1 aliphatic rings. The lowest BCUT2D eigenvalue weighted by Crippen LogP contribution is -2.40. The highest BCUT2D eigenvalue weighted by Crippen LogP contribution is 2.32. The minimum atomic E-state index is -0.249. The van der Waals surface area contributed by atoms with E-state index in [9.17, 15) is 4.39 Å². The first-order valence-corrected chi connectivity index (χ1v) is 7.06. The second-order valence-corrected chi connectivity index (χ2v) is 5.32. The number of nitrogens with zero attached hydrogens (tertiary/aromatic N) is 1. The van der Waals surface area contributed by atoms with Crippen LogP contribution in [0.4, 0.5) is 10.1 Å². The average molecular weight is 282 g/mol. The Morgan fingerprint density at radius 1 is 1.40 bits per heavy atom. The van der Waals surface area contributed by atoms with Crippen LogP contribution in [0.3, 0.4) is 0 Å². The number of hydrogen-bond acceptors (Lipinski definition) is 4. The summed E-state index contributed by atoms with van der Waals surface area (Å²) < 4.78 is 24.5. The Kier molecular flexibility index (Phi) is 5.20. The molecule has 1 fully saturated rings. The van der Waals surface area contributed by atoms with E-state index in [-0.39, 0.29) is 18.0 Å². The van der Waals surface area contributed by atoms with Crippen LogP contribution in [0.2, 0.25) is 0 Å². The van der Waals surface area contributed by atoms with Crippen LogP contribution in [-0.4, -0.2) is 39.0 Å². The van der Waals surface area contributed by atoms with Gasteiger partial charge in [-0.2, -0.15) is 0 Å². The highest BCUT2D eigenvalue weighted by atomic mass is 19.1. The van der Waals surface area contributed by atoms with E-state index in [0.717, 1.165) is 31.6 Å². The topological polar surface area (TPSA) is 47.7 Å². The number of methoxy groups -OCH3 is 1. The zero-order valence-corrected chi connectivity index (χ0v) is 12.1. The van der Waals surface area contributed by atoms with Crippen molar-refractivity contribution in [1.29, 1.82) is 0 Å². The third-order valence-electron chi connectivity index (χ3n) is 3.53. The third kappa shape index (κ3) is 3.84. The number of piperidine rings is 1. The van der Waals surface area contributed by atoms with Crippen LogP contribution in [0.25, 0.3) is 0 Å². The largest absolute Gasteiger partial charge is 0.486 e.